The fourth-order valence-corrected chi connectivity index (χ4v) is 4.88. The highest BCUT2D eigenvalue weighted by atomic mass is 32.2. The Morgan fingerprint density at radius 3 is 2.68 bits per heavy atom. The number of carbonyl (C=O) groups excluding carboxylic acids is 1. The van der Waals surface area contributed by atoms with Crippen molar-refractivity contribution in [1.29, 1.82) is 0 Å². The molecule has 3 heterocycles. The highest BCUT2D eigenvalue weighted by molar-refractivity contribution is 7.99. The van der Waals surface area contributed by atoms with Gasteiger partial charge in [-0.3, -0.25) is 4.79 Å². The lowest BCUT2D eigenvalue weighted by molar-refractivity contribution is -0.128. The molecule has 0 saturated carbocycles. The van der Waals surface area contributed by atoms with Crippen molar-refractivity contribution < 1.29 is 4.79 Å². The first-order valence-electron chi connectivity index (χ1n) is 9.27. The summed E-state index contributed by atoms with van der Waals surface area (Å²) in [6, 6.07) is 12.6. The molecule has 1 fully saturated rings. The molecule has 0 atom stereocenters. The molecule has 0 aliphatic carbocycles. The van der Waals surface area contributed by atoms with E-state index in [-0.39, 0.29) is 5.91 Å². The Morgan fingerprint density at radius 2 is 1.96 bits per heavy atom. The predicted molar refractivity (Wildman–Crippen MR) is 115 cm³/mol. The summed E-state index contributed by atoms with van der Waals surface area (Å²) >= 11 is 3.09. The zero-order chi connectivity index (χ0) is 19.5. The van der Waals surface area contributed by atoms with Crippen LogP contribution in [0.4, 0.5) is 5.69 Å². The Balaban J connectivity index is 1.31. The van der Waals surface area contributed by atoms with Crippen LogP contribution in [0.2, 0.25) is 0 Å². The van der Waals surface area contributed by atoms with E-state index in [2.05, 4.69) is 46.3 Å². The number of amides is 1. The molecule has 146 valence electrons. The second-order valence-corrected chi connectivity index (χ2v) is 8.73. The minimum Gasteiger partial charge on any atom is -0.368 e. The minimum absolute atomic E-state index is 0.162. The Hall–Kier alpha value is -2.32. The van der Waals surface area contributed by atoms with Crippen LogP contribution in [0.5, 0.6) is 0 Å². The number of nitrogens with zero attached hydrogens (tertiary/aromatic N) is 5. The van der Waals surface area contributed by atoms with Gasteiger partial charge in [-0.1, -0.05) is 30.0 Å². The molecule has 1 aliphatic rings. The number of thiophene rings is 1. The smallest absolute Gasteiger partial charge is 0.233 e. The Kier molecular flexibility index (Phi) is 5.68. The van der Waals surface area contributed by atoms with Crippen molar-refractivity contribution in [2.75, 3.05) is 36.8 Å². The number of carbonyl (C=O) groups is 1. The van der Waals surface area contributed by atoms with Gasteiger partial charge in [0.1, 0.15) is 0 Å². The third-order valence-corrected chi connectivity index (χ3v) is 6.77. The lowest BCUT2D eigenvalue weighted by atomic mass is 10.2. The van der Waals surface area contributed by atoms with E-state index >= 15 is 0 Å². The molecule has 1 saturated heterocycles. The van der Waals surface area contributed by atoms with E-state index in [1.165, 1.54) is 23.0 Å². The molecular formula is C20H23N5OS2. The minimum atomic E-state index is 0.162. The highest BCUT2D eigenvalue weighted by Crippen LogP contribution is 2.26. The summed E-state index contributed by atoms with van der Waals surface area (Å²) in [5.41, 5.74) is 2.50. The number of rotatable bonds is 5. The van der Waals surface area contributed by atoms with Crippen molar-refractivity contribution in [1.82, 2.24) is 19.7 Å². The molecule has 8 heteroatoms. The average molecular weight is 414 g/mol. The maximum atomic E-state index is 12.6. The van der Waals surface area contributed by atoms with Crippen molar-refractivity contribution >= 4 is 34.7 Å². The van der Waals surface area contributed by atoms with Crippen LogP contribution in [0.1, 0.15) is 5.56 Å². The normalized spacial score (nSPS) is 14.5. The van der Waals surface area contributed by atoms with Crippen LogP contribution in [0.15, 0.2) is 46.9 Å². The van der Waals surface area contributed by atoms with Crippen LogP contribution in [0.3, 0.4) is 0 Å². The van der Waals surface area contributed by atoms with Crippen molar-refractivity contribution in [2.45, 2.75) is 12.1 Å². The van der Waals surface area contributed by atoms with Crippen molar-refractivity contribution in [2.24, 2.45) is 7.05 Å². The molecule has 2 aromatic heterocycles. The number of aryl methyl sites for hydroxylation is 1. The first kappa shape index (κ1) is 19.0. The fraction of sp³-hybridized carbons (Fsp3) is 0.350. The molecule has 0 radical (unpaired) electrons. The molecule has 0 bridgehead atoms. The summed E-state index contributed by atoms with van der Waals surface area (Å²) in [7, 11) is 1.95. The second-order valence-electron chi connectivity index (χ2n) is 6.84. The largest absolute Gasteiger partial charge is 0.368 e. The lowest BCUT2D eigenvalue weighted by Gasteiger charge is -2.36. The van der Waals surface area contributed by atoms with Gasteiger partial charge < -0.3 is 14.4 Å². The maximum absolute atomic E-state index is 12.6. The summed E-state index contributed by atoms with van der Waals surface area (Å²) in [5, 5.41) is 11.3. The zero-order valence-electron chi connectivity index (χ0n) is 16.0. The van der Waals surface area contributed by atoms with Gasteiger partial charge in [-0.2, -0.15) is 0 Å². The molecule has 3 aromatic rings. The number of thioether (sulfide) groups is 1. The van der Waals surface area contributed by atoms with Crippen LogP contribution in [0, 0.1) is 6.92 Å². The van der Waals surface area contributed by atoms with Gasteiger partial charge >= 0.3 is 0 Å². The summed E-state index contributed by atoms with van der Waals surface area (Å²) < 4.78 is 1.96. The maximum Gasteiger partial charge on any atom is 0.233 e. The van der Waals surface area contributed by atoms with Crippen molar-refractivity contribution in [3.63, 3.8) is 0 Å². The molecule has 0 N–H and O–H groups in total. The van der Waals surface area contributed by atoms with Crippen molar-refractivity contribution in [3.05, 3.63) is 47.3 Å². The number of anilines is 1. The van der Waals surface area contributed by atoms with Gasteiger partial charge in [-0.25, -0.2) is 0 Å². The number of aromatic nitrogens is 3. The lowest BCUT2D eigenvalue weighted by Crippen LogP contribution is -2.49. The number of benzene rings is 1. The molecule has 4 rings (SSSR count). The topological polar surface area (TPSA) is 54.3 Å². The van der Waals surface area contributed by atoms with E-state index in [1.807, 2.05) is 34.0 Å². The zero-order valence-corrected chi connectivity index (χ0v) is 17.7. The third kappa shape index (κ3) is 4.07. The van der Waals surface area contributed by atoms with Crippen molar-refractivity contribution in [3.8, 4) is 10.7 Å². The fourth-order valence-electron chi connectivity index (χ4n) is 3.32. The molecule has 28 heavy (non-hydrogen) atoms. The summed E-state index contributed by atoms with van der Waals surface area (Å²) in [4.78, 5) is 18.0. The number of hydrogen-bond acceptors (Lipinski definition) is 6. The molecule has 0 spiro atoms. The van der Waals surface area contributed by atoms with E-state index in [0.717, 1.165) is 42.0 Å². The standard InChI is InChI=1S/C20H23N5OS2/c1-15-5-3-6-16(13-15)24-8-10-25(11-9-24)18(26)14-28-20-22-21-19(23(20)2)17-7-4-12-27-17/h3-7,12-13H,8-11,14H2,1-2H3. The number of hydrogen-bond donors (Lipinski definition) is 0. The summed E-state index contributed by atoms with van der Waals surface area (Å²) in [6.45, 7) is 5.36. The molecule has 1 amide bonds. The van der Waals surface area contributed by atoms with Crippen LogP contribution in [-0.4, -0.2) is 57.5 Å². The Morgan fingerprint density at radius 1 is 1.14 bits per heavy atom. The van der Waals surface area contributed by atoms with Gasteiger partial charge in [0, 0.05) is 38.9 Å². The van der Waals surface area contributed by atoms with Gasteiger partial charge in [-0.05, 0) is 36.1 Å². The Bertz CT molecular complexity index is 945. The first-order valence-corrected chi connectivity index (χ1v) is 11.1. The molecule has 0 unspecified atom stereocenters. The van der Waals surface area contributed by atoms with Crippen LogP contribution >= 0.6 is 23.1 Å². The second kappa shape index (κ2) is 8.36. The molecule has 6 nitrogen and oxygen atoms in total. The van der Waals surface area contributed by atoms with Crippen LogP contribution in [0.25, 0.3) is 10.7 Å². The third-order valence-electron chi connectivity index (χ3n) is 4.90. The van der Waals surface area contributed by atoms with Gasteiger partial charge in [0.05, 0.1) is 10.6 Å². The predicted octanol–water partition coefficient (Wildman–Crippen LogP) is 3.29. The monoisotopic (exact) mass is 413 g/mol. The SMILES string of the molecule is Cc1cccc(N2CCN(C(=O)CSc3nnc(-c4cccs4)n3C)CC2)c1. The van der Waals surface area contributed by atoms with Gasteiger partial charge in [-0.15, -0.1) is 21.5 Å². The van der Waals surface area contributed by atoms with Gasteiger partial charge in [0.25, 0.3) is 0 Å². The van der Waals surface area contributed by atoms with Crippen LogP contribution < -0.4 is 4.90 Å². The quantitative estimate of drug-likeness (QED) is 0.601. The average Bonchev–Trinajstić information content (AvgIpc) is 3.36. The highest BCUT2D eigenvalue weighted by Gasteiger charge is 2.22. The molecule has 1 aliphatic heterocycles. The van der Waals surface area contributed by atoms with E-state index in [4.69, 9.17) is 0 Å². The van der Waals surface area contributed by atoms with E-state index < -0.39 is 0 Å². The molecule has 1 aromatic carbocycles. The van der Waals surface area contributed by atoms with E-state index in [1.54, 1.807) is 11.3 Å². The first-order chi connectivity index (χ1) is 13.6. The molecular weight excluding hydrogens is 390 g/mol. The van der Waals surface area contributed by atoms with Gasteiger partial charge in [0.2, 0.25) is 5.91 Å². The summed E-state index contributed by atoms with van der Waals surface area (Å²) in [6.07, 6.45) is 0. The Labute approximate surface area is 173 Å². The van der Waals surface area contributed by atoms with Gasteiger partial charge in [0.15, 0.2) is 11.0 Å². The van der Waals surface area contributed by atoms with E-state index in [0.29, 0.717) is 5.75 Å². The van der Waals surface area contributed by atoms with E-state index in [9.17, 15) is 4.79 Å². The number of piperazine rings is 1. The van der Waals surface area contributed by atoms with Crippen LogP contribution in [-0.2, 0) is 11.8 Å². The summed E-state index contributed by atoms with van der Waals surface area (Å²) in [5.74, 6) is 1.40.